The first-order chi connectivity index (χ1) is 14.7. The molecule has 2 aromatic carbocycles. The number of piperidine rings is 1. The number of hydrogen-bond acceptors (Lipinski definition) is 3. The van der Waals surface area contributed by atoms with Crippen molar-refractivity contribution in [1.82, 2.24) is 4.90 Å². The first-order valence-electron chi connectivity index (χ1n) is 11.1. The number of amides is 2. The molecule has 2 heterocycles. The van der Waals surface area contributed by atoms with Gasteiger partial charge in [-0.15, -0.1) is 0 Å². The minimum absolute atomic E-state index is 0.0742. The van der Waals surface area contributed by atoms with Crippen LogP contribution in [0.1, 0.15) is 55.6 Å². The highest BCUT2D eigenvalue weighted by atomic mass is 16.5. The zero-order valence-electron chi connectivity index (χ0n) is 17.4. The molecule has 2 amide bonds. The molecule has 1 fully saturated rings. The van der Waals surface area contributed by atoms with Gasteiger partial charge in [-0.1, -0.05) is 30.3 Å². The van der Waals surface area contributed by atoms with Gasteiger partial charge in [0.1, 0.15) is 5.75 Å². The zero-order chi connectivity index (χ0) is 20.8. The third-order valence-electron chi connectivity index (χ3n) is 6.14. The number of carbonyl (C=O) groups is 2. The lowest BCUT2D eigenvalue weighted by Gasteiger charge is -2.32. The maximum atomic E-state index is 12.5. The van der Waals surface area contributed by atoms with Crippen molar-refractivity contribution in [3.05, 3.63) is 59.7 Å². The number of nitrogens with zero attached hydrogens (tertiary/aromatic N) is 1. The van der Waals surface area contributed by atoms with Crippen LogP contribution >= 0.6 is 0 Å². The molecular formula is C25H30N2O3. The van der Waals surface area contributed by atoms with Gasteiger partial charge in [0.25, 0.3) is 0 Å². The number of nitrogens with one attached hydrogen (secondary N) is 1. The van der Waals surface area contributed by atoms with Gasteiger partial charge in [-0.2, -0.15) is 0 Å². The molecule has 30 heavy (non-hydrogen) atoms. The van der Waals surface area contributed by atoms with Crippen LogP contribution in [-0.2, 0) is 16.0 Å². The summed E-state index contributed by atoms with van der Waals surface area (Å²) in [6.07, 6.45) is 5.69. The van der Waals surface area contributed by atoms with Crippen LogP contribution in [-0.4, -0.2) is 36.4 Å². The number of unbranched alkanes of at least 4 members (excludes halogenated alkanes) is 1. The van der Waals surface area contributed by atoms with Crippen LogP contribution in [0.15, 0.2) is 48.5 Å². The Balaban J connectivity index is 1.13. The Bertz CT molecular complexity index is 873. The molecule has 0 saturated carbocycles. The molecule has 0 radical (unpaired) electrons. The Morgan fingerprint density at radius 3 is 2.63 bits per heavy atom. The maximum Gasteiger partial charge on any atom is 0.224 e. The highest BCUT2D eigenvalue weighted by Gasteiger charge is 2.23. The van der Waals surface area contributed by atoms with E-state index in [0.29, 0.717) is 25.4 Å². The molecule has 0 unspecified atom stereocenters. The van der Waals surface area contributed by atoms with Crippen LogP contribution in [0.4, 0.5) is 5.69 Å². The normalized spacial score (nSPS) is 16.7. The fourth-order valence-electron chi connectivity index (χ4n) is 4.36. The number of hydrogen-bond donors (Lipinski definition) is 1. The van der Waals surface area contributed by atoms with Gasteiger partial charge in [-0.3, -0.25) is 9.59 Å². The van der Waals surface area contributed by atoms with Crippen molar-refractivity contribution in [2.24, 2.45) is 0 Å². The number of ether oxygens (including phenoxy) is 1. The molecule has 4 rings (SSSR count). The second kappa shape index (κ2) is 9.79. The molecule has 0 atom stereocenters. The standard InChI is InChI=1S/C25H30N2O3/c28-24-12-9-21-18-22(10-11-23(21)26-24)30-17-5-4-8-25(29)27-15-13-20(14-16-27)19-6-2-1-3-7-19/h1-3,6-7,10-11,18,20H,4-5,8-9,12-17H2,(H,26,28). The van der Waals surface area contributed by atoms with Crippen LogP contribution < -0.4 is 10.1 Å². The highest BCUT2D eigenvalue weighted by molar-refractivity contribution is 5.94. The van der Waals surface area contributed by atoms with Crippen LogP contribution in [0.2, 0.25) is 0 Å². The van der Waals surface area contributed by atoms with Gasteiger partial charge in [0.15, 0.2) is 0 Å². The number of anilines is 1. The van der Waals surface area contributed by atoms with Gasteiger partial charge in [0.2, 0.25) is 11.8 Å². The van der Waals surface area contributed by atoms with E-state index in [1.165, 1.54) is 5.56 Å². The fraction of sp³-hybridized carbons (Fsp3) is 0.440. The van der Waals surface area contributed by atoms with E-state index in [-0.39, 0.29) is 11.8 Å². The average Bonchev–Trinajstić information content (AvgIpc) is 2.79. The molecule has 5 heteroatoms. The Morgan fingerprint density at radius 1 is 1.03 bits per heavy atom. The molecule has 0 spiro atoms. The van der Waals surface area contributed by atoms with Gasteiger partial charge in [-0.25, -0.2) is 0 Å². The minimum Gasteiger partial charge on any atom is -0.494 e. The fourth-order valence-corrected chi connectivity index (χ4v) is 4.36. The molecule has 2 aromatic rings. The van der Waals surface area contributed by atoms with E-state index in [1.807, 2.05) is 23.1 Å². The monoisotopic (exact) mass is 406 g/mol. The third kappa shape index (κ3) is 5.21. The van der Waals surface area contributed by atoms with E-state index in [2.05, 4.69) is 35.6 Å². The highest BCUT2D eigenvalue weighted by Crippen LogP contribution is 2.28. The summed E-state index contributed by atoms with van der Waals surface area (Å²) in [6.45, 7) is 2.33. The molecule has 1 N–H and O–H groups in total. The minimum atomic E-state index is 0.0742. The molecule has 0 aromatic heterocycles. The van der Waals surface area contributed by atoms with E-state index >= 15 is 0 Å². The van der Waals surface area contributed by atoms with E-state index < -0.39 is 0 Å². The van der Waals surface area contributed by atoms with Crippen LogP contribution in [0, 0.1) is 0 Å². The van der Waals surface area contributed by atoms with Crippen molar-refractivity contribution in [2.45, 2.75) is 50.9 Å². The summed E-state index contributed by atoms with van der Waals surface area (Å²) in [5, 5.41) is 2.88. The summed E-state index contributed by atoms with van der Waals surface area (Å²) in [7, 11) is 0. The first kappa shape index (κ1) is 20.5. The lowest BCUT2D eigenvalue weighted by molar-refractivity contribution is -0.132. The number of carbonyl (C=O) groups excluding carboxylic acids is 2. The summed E-state index contributed by atoms with van der Waals surface area (Å²) in [6, 6.07) is 16.4. The quantitative estimate of drug-likeness (QED) is 0.688. The molecule has 158 valence electrons. The summed E-state index contributed by atoms with van der Waals surface area (Å²) < 4.78 is 5.85. The zero-order valence-corrected chi connectivity index (χ0v) is 17.4. The topological polar surface area (TPSA) is 58.6 Å². The van der Waals surface area contributed by atoms with Crippen molar-refractivity contribution in [3.63, 3.8) is 0 Å². The molecule has 0 aliphatic carbocycles. The Hall–Kier alpha value is -2.82. The van der Waals surface area contributed by atoms with Crippen molar-refractivity contribution < 1.29 is 14.3 Å². The molecule has 2 aliphatic rings. The smallest absolute Gasteiger partial charge is 0.224 e. The van der Waals surface area contributed by atoms with Crippen molar-refractivity contribution in [3.8, 4) is 5.75 Å². The SMILES string of the molecule is O=C1CCc2cc(OCCCCC(=O)N3CCC(c4ccccc4)CC3)ccc2N1. The van der Waals surface area contributed by atoms with Gasteiger partial charge in [0.05, 0.1) is 6.61 Å². The number of likely N-dealkylation sites (tertiary alicyclic amines) is 1. The Kier molecular flexibility index (Phi) is 6.67. The average molecular weight is 407 g/mol. The molecule has 5 nitrogen and oxygen atoms in total. The molecule has 2 aliphatic heterocycles. The second-order valence-corrected chi connectivity index (χ2v) is 8.24. The van der Waals surface area contributed by atoms with Crippen LogP contribution in [0.3, 0.4) is 0 Å². The molecule has 0 bridgehead atoms. The van der Waals surface area contributed by atoms with Gasteiger partial charge in [0, 0.05) is 31.6 Å². The number of fused-ring (bicyclic) bond motifs is 1. The second-order valence-electron chi connectivity index (χ2n) is 8.24. The van der Waals surface area contributed by atoms with E-state index in [1.54, 1.807) is 0 Å². The summed E-state index contributed by atoms with van der Waals surface area (Å²) in [4.78, 5) is 26.0. The summed E-state index contributed by atoms with van der Waals surface area (Å²) in [5.74, 6) is 1.75. The lowest BCUT2D eigenvalue weighted by Crippen LogP contribution is -2.37. The van der Waals surface area contributed by atoms with E-state index in [0.717, 1.165) is 62.2 Å². The Morgan fingerprint density at radius 2 is 1.83 bits per heavy atom. The molecular weight excluding hydrogens is 376 g/mol. The third-order valence-corrected chi connectivity index (χ3v) is 6.14. The van der Waals surface area contributed by atoms with Gasteiger partial charge >= 0.3 is 0 Å². The lowest BCUT2D eigenvalue weighted by atomic mass is 9.89. The summed E-state index contributed by atoms with van der Waals surface area (Å²) >= 11 is 0. The maximum absolute atomic E-state index is 12.5. The van der Waals surface area contributed by atoms with E-state index in [4.69, 9.17) is 4.74 Å². The van der Waals surface area contributed by atoms with Crippen molar-refractivity contribution in [1.29, 1.82) is 0 Å². The van der Waals surface area contributed by atoms with Crippen LogP contribution in [0.25, 0.3) is 0 Å². The Labute approximate surface area is 178 Å². The first-order valence-corrected chi connectivity index (χ1v) is 11.1. The molecule has 1 saturated heterocycles. The number of aryl methyl sites for hydroxylation is 1. The van der Waals surface area contributed by atoms with E-state index in [9.17, 15) is 9.59 Å². The van der Waals surface area contributed by atoms with Gasteiger partial charge < -0.3 is 15.0 Å². The number of benzene rings is 2. The van der Waals surface area contributed by atoms with Crippen molar-refractivity contribution in [2.75, 3.05) is 25.0 Å². The van der Waals surface area contributed by atoms with Crippen LogP contribution in [0.5, 0.6) is 5.75 Å². The van der Waals surface area contributed by atoms with Crippen molar-refractivity contribution >= 4 is 17.5 Å². The largest absolute Gasteiger partial charge is 0.494 e. The predicted molar refractivity (Wildman–Crippen MR) is 118 cm³/mol. The summed E-state index contributed by atoms with van der Waals surface area (Å²) in [5.41, 5.74) is 3.41. The predicted octanol–water partition coefficient (Wildman–Crippen LogP) is 4.53. The number of rotatable bonds is 7. The van der Waals surface area contributed by atoms with Gasteiger partial charge in [-0.05, 0) is 67.3 Å².